The van der Waals surface area contributed by atoms with E-state index in [1.807, 2.05) is 24.3 Å². The molecule has 4 rings (SSSR count). The molecule has 3 aromatic rings. The fourth-order valence-electron chi connectivity index (χ4n) is 3.10. The Bertz CT molecular complexity index is 934. The van der Waals surface area contributed by atoms with Crippen molar-refractivity contribution >= 4 is 0 Å². The highest BCUT2D eigenvalue weighted by atomic mass is 16.5. The molecule has 0 saturated carbocycles. The quantitative estimate of drug-likeness (QED) is 0.783. The minimum atomic E-state index is -0.166. The topological polar surface area (TPSA) is 71.1 Å². The maximum Gasteiger partial charge on any atom is 0.251 e. The summed E-state index contributed by atoms with van der Waals surface area (Å²) in [5.41, 5.74) is 3.45. The lowest BCUT2D eigenvalue weighted by atomic mass is 10.1. The van der Waals surface area contributed by atoms with Crippen molar-refractivity contribution in [3.05, 3.63) is 70.8 Å². The monoisotopic (exact) mass is 348 g/mol. The van der Waals surface area contributed by atoms with Crippen molar-refractivity contribution in [1.82, 2.24) is 19.9 Å². The third-order valence-corrected chi connectivity index (χ3v) is 4.43. The molecule has 0 amide bonds. The van der Waals surface area contributed by atoms with E-state index in [1.165, 1.54) is 11.6 Å². The van der Waals surface area contributed by atoms with Crippen LogP contribution in [0.1, 0.15) is 5.56 Å². The first kappa shape index (κ1) is 16.6. The summed E-state index contributed by atoms with van der Waals surface area (Å²) >= 11 is 0. The van der Waals surface area contributed by atoms with Gasteiger partial charge in [-0.2, -0.15) is 0 Å². The average molecular weight is 348 g/mol. The SMILES string of the molecule is O=c1cc(-c2ccncc2)nc(-c2cccc(CN3CCOCC3)c2)[nH]1. The number of pyridine rings is 1. The number of H-pyrrole nitrogens is 1. The van der Waals surface area contributed by atoms with E-state index in [0.29, 0.717) is 11.5 Å². The van der Waals surface area contributed by atoms with Crippen molar-refractivity contribution < 1.29 is 4.74 Å². The van der Waals surface area contributed by atoms with Crippen molar-refractivity contribution in [2.75, 3.05) is 26.3 Å². The summed E-state index contributed by atoms with van der Waals surface area (Å²) in [4.78, 5) is 26.0. The van der Waals surface area contributed by atoms with Gasteiger partial charge in [0, 0.05) is 49.2 Å². The summed E-state index contributed by atoms with van der Waals surface area (Å²) in [7, 11) is 0. The normalized spacial score (nSPS) is 15.1. The summed E-state index contributed by atoms with van der Waals surface area (Å²) in [6, 6.07) is 13.4. The number of nitrogens with one attached hydrogen (secondary N) is 1. The average Bonchev–Trinajstić information content (AvgIpc) is 2.69. The second kappa shape index (κ2) is 7.59. The number of hydrogen-bond donors (Lipinski definition) is 1. The highest BCUT2D eigenvalue weighted by Gasteiger charge is 2.12. The van der Waals surface area contributed by atoms with Crippen molar-refractivity contribution in [2.24, 2.45) is 0 Å². The van der Waals surface area contributed by atoms with Crippen LogP contribution in [-0.4, -0.2) is 46.2 Å². The zero-order valence-corrected chi connectivity index (χ0v) is 14.4. The number of nitrogens with zero attached hydrogens (tertiary/aromatic N) is 3. The van der Waals surface area contributed by atoms with E-state index < -0.39 is 0 Å². The van der Waals surface area contributed by atoms with Gasteiger partial charge in [-0.15, -0.1) is 0 Å². The first-order valence-electron chi connectivity index (χ1n) is 8.69. The van der Waals surface area contributed by atoms with Crippen LogP contribution < -0.4 is 5.56 Å². The molecule has 1 aliphatic rings. The zero-order chi connectivity index (χ0) is 17.8. The molecule has 0 spiro atoms. The van der Waals surface area contributed by atoms with Gasteiger partial charge in [0.05, 0.1) is 18.9 Å². The molecule has 132 valence electrons. The molecule has 0 atom stereocenters. The Hall–Kier alpha value is -2.83. The molecular formula is C20H20N4O2. The van der Waals surface area contributed by atoms with Gasteiger partial charge in [-0.1, -0.05) is 18.2 Å². The molecule has 0 bridgehead atoms. The first-order valence-corrected chi connectivity index (χ1v) is 8.69. The maximum absolute atomic E-state index is 12.1. The summed E-state index contributed by atoms with van der Waals surface area (Å²) in [5, 5.41) is 0. The molecule has 1 saturated heterocycles. The van der Waals surface area contributed by atoms with Crippen LogP contribution in [0.2, 0.25) is 0 Å². The Kier molecular flexibility index (Phi) is 4.86. The van der Waals surface area contributed by atoms with Gasteiger partial charge in [-0.05, 0) is 23.8 Å². The number of aromatic amines is 1. The minimum absolute atomic E-state index is 0.166. The minimum Gasteiger partial charge on any atom is -0.379 e. The second-order valence-corrected chi connectivity index (χ2v) is 6.30. The number of morpholine rings is 1. The molecule has 26 heavy (non-hydrogen) atoms. The fraction of sp³-hybridized carbons (Fsp3) is 0.250. The molecule has 1 aliphatic heterocycles. The van der Waals surface area contributed by atoms with E-state index in [0.717, 1.165) is 44.0 Å². The fourth-order valence-corrected chi connectivity index (χ4v) is 3.10. The lowest BCUT2D eigenvalue weighted by molar-refractivity contribution is 0.0342. The third kappa shape index (κ3) is 3.87. The number of aromatic nitrogens is 3. The van der Waals surface area contributed by atoms with Gasteiger partial charge in [-0.3, -0.25) is 14.7 Å². The van der Waals surface area contributed by atoms with E-state index in [1.54, 1.807) is 12.4 Å². The molecule has 6 heteroatoms. The van der Waals surface area contributed by atoms with Crippen LogP contribution in [0.5, 0.6) is 0 Å². The predicted octanol–water partition coefficient (Wildman–Crippen LogP) is 2.33. The van der Waals surface area contributed by atoms with E-state index >= 15 is 0 Å². The maximum atomic E-state index is 12.1. The summed E-state index contributed by atoms with van der Waals surface area (Å²) < 4.78 is 5.40. The Balaban J connectivity index is 1.64. The van der Waals surface area contributed by atoms with E-state index in [2.05, 4.69) is 32.0 Å². The lowest BCUT2D eigenvalue weighted by Crippen LogP contribution is -2.35. The van der Waals surface area contributed by atoms with Crippen LogP contribution in [0.25, 0.3) is 22.6 Å². The molecule has 0 aliphatic carbocycles. The second-order valence-electron chi connectivity index (χ2n) is 6.30. The molecular weight excluding hydrogens is 328 g/mol. The zero-order valence-electron chi connectivity index (χ0n) is 14.4. The van der Waals surface area contributed by atoms with Gasteiger partial charge in [-0.25, -0.2) is 4.98 Å². The Morgan fingerprint density at radius 3 is 2.65 bits per heavy atom. The van der Waals surface area contributed by atoms with Crippen LogP contribution in [0, 0.1) is 0 Å². The van der Waals surface area contributed by atoms with E-state index in [-0.39, 0.29) is 5.56 Å². The number of rotatable bonds is 4. The highest BCUT2D eigenvalue weighted by Crippen LogP contribution is 2.20. The van der Waals surface area contributed by atoms with Gasteiger partial charge in [0.25, 0.3) is 5.56 Å². The van der Waals surface area contributed by atoms with Crippen LogP contribution >= 0.6 is 0 Å². The molecule has 1 N–H and O–H groups in total. The number of ether oxygens (including phenoxy) is 1. The first-order chi connectivity index (χ1) is 12.8. The summed E-state index contributed by atoms with van der Waals surface area (Å²) in [6.07, 6.45) is 3.39. The van der Waals surface area contributed by atoms with Crippen LogP contribution in [0.3, 0.4) is 0 Å². The molecule has 2 aromatic heterocycles. The van der Waals surface area contributed by atoms with Crippen molar-refractivity contribution in [3.8, 4) is 22.6 Å². The van der Waals surface area contributed by atoms with Crippen molar-refractivity contribution in [1.29, 1.82) is 0 Å². The standard InChI is InChI=1S/C20H20N4O2/c25-19-13-18(16-4-6-21-7-5-16)22-20(23-19)17-3-1-2-15(12-17)14-24-8-10-26-11-9-24/h1-7,12-13H,8-11,14H2,(H,22,23,25). The summed E-state index contributed by atoms with van der Waals surface area (Å²) in [5.74, 6) is 0.577. The molecule has 1 fully saturated rings. The van der Waals surface area contributed by atoms with Gasteiger partial charge in [0.1, 0.15) is 5.82 Å². The largest absolute Gasteiger partial charge is 0.379 e. The van der Waals surface area contributed by atoms with Gasteiger partial charge < -0.3 is 9.72 Å². The van der Waals surface area contributed by atoms with Crippen LogP contribution in [0.15, 0.2) is 59.7 Å². The molecule has 1 aromatic carbocycles. The summed E-state index contributed by atoms with van der Waals surface area (Å²) in [6.45, 7) is 4.31. The Morgan fingerprint density at radius 2 is 1.85 bits per heavy atom. The van der Waals surface area contributed by atoms with E-state index in [9.17, 15) is 4.79 Å². The highest BCUT2D eigenvalue weighted by molar-refractivity contribution is 5.63. The molecule has 0 radical (unpaired) electrons. The van der Waals surface area contributed by atoms with Crippen molar-refractivity contribution in [3.63, 3.8) is 0 Å². The van der Waals surface area contributed by atoms with Crippen LogP contribution in [-0.2, 0) is 11.3 Å². The Labute approximate surface area is 151 Å². The Morgan fingerprint density at radius 1 is 1.04 bits per heavy atom. The van der Waals surface area contributed by atoms with Crippen molar-refractivity contribution in [2.45, 2.75) is 6.54 Å². The predicted molar refractivity (Wildman–Crippen MR) is 99.6 cm³/mol. The third-order valence-electron chi connectivity index (χ3n) is 4.43. The molecule has 6 nitrogen and oxygen atoms in total. The smallest absolute Gasteiger partial charge is 0.251 e. The number of benzene rings is 1. The van der Waals surface area contributed by atoms with Gasteiger partial charge in [0.2, 0.25) is 0 Å². The molecule has 0 unspecified atom stereocenters. The van der Waals surface area contributed by atoms with E-state index in [4.69, 9.17) is 4.74 Å². The number of hydrogen-bond acceptors (Lipinski definition) is 5. The van der Waals surface area contributed by atoms with Crippen LogP contribution in [0.4, 0.5) is 0 Å². The van der Waals surface area contributed by atoms with Gasteiger partial charge in [0.15, 0.2) is 0 Å². The van der Waals surface area contributed by atoms with Gasteiger partial charge >= 0.3 is 0 Å². The lowest BCUT2D eigenvalue weighted by Gasteiger charge is -2.26. The molecule has 3 heterocycles.